The van der Waals surface area contributed by atoms with E-state index in [1.165, 1.54) is 0 Å². The zero-order chi connectivity index (χ0) is 10.7. The first-order valence-electron chi connectivity index (χ1n) is 4.57. The predicted octanol–water partition coefficient (Wildman–Crippen LogP) is 2.16. The van der Waals surface area contributed by atoms with Crippen LogP contribution in [0.15, 0.2) is 36.7 Å². The van der Waals surface area contributed by atoms with Gasteiger partial charge >= 0.3 is 0 Å². The zero-order valence-electron chi connectivity index (χ0n) is 8.34. The van der Waals surface area contributed by atoms with Crippen molar-refractivity contribution in [3.63, 3.8) is 0 Å². The van der Waals surface area contributed by atoms with E-state index >= 15 is 0 Å². The molecule has 1 heterocycles. The van der Waals surface area contributed by atoms with Crippen LogP contribution in [-0.2, 0) is 0 Å². The second-order valence-electron chi connectivity index (χ2n) is 3.12. The summed E-state index contributed by atoms with van der Waals surface area (Å²) in [7, 11) is 0. The third-order valence-electron chi connectivity index (χ3n) is 1.93. The second kappa shape index (κ2) is 3.96. The Bertz CT molecular complexity index is 454. The first-order chi connectivity index (χ1) is 7.25. The summed E-state index contributed by atoms with van der Waals surface area (Å²) in [5.41, 5.74) is 7.03. The monoisotopic (exact) mass is 201 g/mol. The lowest BCUT2D eigenvalue weighted by Crippen LogP contribution is -1.93. The van der Waals surface area contributed by atoms with E-state index in [1.807, 2.05) is 6.92 Å². The molecule has 0 saturated heterocycles. The highest BCUT2D eigenvalue weighted by Crippen LogP contribution is 2.21. The maximum absolute atomic E-state index is 5.57. The van der Waals surface area contributed by atoms with Crippen LogP contribution in [0.3, 0.4) is 0 Å². The Morgan fingerprint density at radius 1 is 1.07 bits per heavy atom. The van der Waals surface area contributed by atoms with Gasteiger partial charge in [0.2, 0.25) is 5.88 Å². The largest absolute Gasteiger partial charge is 0.437 e. The van der Waals surface area contributed by atoms with Gasteiger partial charge in [0.25, 0.3) is 0 Å². The number of benzene rings is 1. The van der Waals surface area contributed by atoms with Crippen molar-refractivity contribution in [2.75, 3.05) is 5.73 Å². The third kappa shape index (κ3) is 2.22. The number of rotatable bonds is 2. The predicted molar refractivity (Wildman–Crippen MR) is 57.7 cm³/mol. The minimum absolute atomic E-state index is 0.516. The van der Waals surface area contributed by atoms with Gasteiger partial charge in [-0.15, -0.1) is 0 Å². The molecule has 15 heavy (non-hydrogen) atoms. The van der Waals surface area contributed by atoms with Gasteiger partial charge in [0.05, 0.1) is 5.69 Å². The SMILES string of the molecule is Cc1nccnc1Oc1ccc(N)cc1. The Morgan fingerprint density at radius 3 is 2.40 bits per heavy atom. The minimum Gasteiger partial charge on any atom is -0.437 e. The van der Waals surface area contributed by atoms with Gasteiger partial charge < -0.3 is 10.5 Å². The molecule has 1 aromatic carbocycles. The fourth-order valence-corrected chi connectivity index (χ4v) is 1.14. The van der Waals surface area contributed by atoms with Crippen LogP contribution in [0.4, 0.5) is 5.69 Å². The number of anilines is 1. The Hall–Kier alpha value is -2.10. The number of aromatic nitrogens is 2. The van der Waals surface area contributed by atoms with Crippen LogP contribution in [0.2, 0.25) is 0 Å². The van der Waals surface area contributed by atoms with Gasteiger partial charge in [0.1, 0.15) is 5.75 Å². The van der Waals surface area contributed by atoms with Gasteiger partial charge in [0, 0.05) is 18.1 Å². The Labute approximate surface area is 87.7 Å². The van der Waals surface area contributed by atoms with Crippen LogP contribution in [0, 0.1) is 6.92 Å². The molecule has 0 aliphatic carbocycles. The lowest BCUT2D eigenvalue weighted by molar-refractivity contribution is 0.455. The molecular formula is C11H11N3O. The molecule has 0 fully saturated rings. The molecule has 2 N–H and O–H groups in total. The van der Waals surface area contributed by atoms with Crippen molar-refractivity contribution in [1.82, 2.24) is 9.97 Å². The average molecular weight is 201 g/mol. The molecule has 1 aromatic heterocycles. The summed E-state index contributed by atoms with van der Waals surface area (Å²) >= 11 is 0. The summed E-state index contributed by atoms with van der Waals surface area (Å²) in [6.07, 6.45) is 3.23. The standard InChI is InChI=1S/C11H11N3O/c1-8-11(14-7-6-13-8)15-10-4-2-9(12)3-5-10/h2-7H,12H2,1H3. The van der Waals surface area contributed by atoms with E-state index in [4.69, 9.17) is 10.5 Å². The number of nitrogen functional groups attached to an aromatic ring is 1. The molecule has 76 valence electrons. The van der Waals surface area contributed by atoms with Crippen LogP contribution < -0.4 is 10.5 Å². The summed E-state index contributed by atoms with van der Waals surface area (Å²) in [5, 5.41) is 0. The summed E-state index contributed by atoms with van der Waals surface area (Å²) < 4.78 is 5.53. The normalized spacial score (nSPS) is 9.93. The van der Waals surface area contributed by atoms with Crippen LogP contribution >= 0.6 is 0 Å². The van der Waals surface area contributed by atoms with Gasteiger partial charge in [-0.2, -0.15) is 0 Å². The maximum Gasteiger partial charge on any atom is 0.240 e. The molecule has 0 spiro atoms. The van der Waals surface area contributed by atoms with E-state index in [-0.39, 0.29) is 0 Å². The lowest BCUT2D eigenvalue weighted by Gasteiger charge is -2.05. The van der Waals surface area contributed by atoms with E-state index in [0.717, 1.165) is 5.69 Å². The fraction of sp³-hybridized carbons (Fsp3) is 0.0909. The zero-order valence-corrected chi connectivity index (χ0v) is 8.34. The van der Waals surface area contributed by atoms with Gasteiger partial charge in [-0.1, -0.05) is 0 Å². The number of hydrogen-bond acceptors (Lipinski definition) is 4. The van der Waals surface area contributed by atoms with Crippen molar-refractivity contribution in [1.29, 1.82) is 0 Å². The number of nitrogens with two attached hydrogens (primary N) is 1. The van der Waals surface area contributed by atoms with Gasteiger partial charge in [-0.25, -0.2) is 4.98 Å². The Morgan fingerprint density at radius 2 is 1.73 bits per heavy atom. The van der Waals surface area contributed by atoms with Gasteiger partial charge in [-0.3, -0.25) is 4.98 Å². The first kappa shape index (κ1) is 9.45. The maximum atomic E-state index is 5.57. The molecule has 0 amide bonds. The molecule has 2 aromatic rings. The highest BCUT2D eigenvalue weighted by molar-refractivity contribution is 5.42. The molecule has 0 aliphatic heterocycles. The Balaban J connectivity index is 2.22. The van der Waals surface area contributed by atoms with Crippen molar-refractivity contribution in [2.24, 2.45) is 0 Å². The first-order valence-corrected chi connectivity index (χ1v) is 4.57. The highest BCUT2D eigenvalue weighted by Gasteiger charge is 2.02. The molecule has 0 bridgehead atoms. The molecule has 4 heteroatoms. The van der Waals surface area contributed by atoms with E-state index in [0.29, 0.717) is 17.3 Å². The van der Waals surface area contributed by atoms with E-state index in [1.54, 1.807) is 36.7 Å². The van der Waals surface area contributed by atoms with Crippen LogP contribution in [0.25, 0.3) is 0 Å². The van der Waals surface area contributed by atoms with Crippen molar-refractivity contribution in [3.8, 4) is 11.6 Å². The van der Waals surface area contributed by atoms with Gasteiger partial charge in [0.15, 0.2) is 0 Å². The summed E-state index contributed by atoms with van der Waals surface area (Å²) in [6.45, 7) is 1.85. The van der Waals surface area contributed by atoms with Crippen molar-refractivity contribution in [3.05, 3.63) is 42.4 Å². The van der Waals surface area contributed by atoms with Crippen molar-refractivity contribution >= 4 is 5.69 Å². The van der Waals surface area contributed by atoms with E-state index in [2.05, 4.69) is 9.97 Å². The molecule has 0 aliphatic rings. The second-order valence-corrected chi connectivity index (χ2v) is 3.12. The van der Waals surface area contributed by atoms with E-state index < -0.39 is 0 Å². The summed E-state index contributed by atoms with van der Waals surface area (Å²) in [6, 6.07) is 7.15. The molecule has 4 nitrogen and oxygen atoms in total. The number of nitrogens with zero attached hydrogens (tertiary/aromatic N) is 2. The Kier molecular flexibility index (Phi) is 2.49. The molecule has 2 rings (SSSR count). The average Bonchev–Trinajstić information content (AvgIpc) is 2.25. The molecule has 0 unspecified atom stereocenters. The number of ether oxygens (including phenoxy) is 1. The van der Waals surface area contributed by atoms with Crippen LogP contribution in [-0.4, -0.2) is 9.97 Å². The minimum atomic E-state index is 0.516. The molecule has 0 saturated carbocycles. The van der Waals surface area contributed by atoms with Crippen LogP contribution in [0.5, 0.6) is 11.6 Å². The topological polar surface area (TPSA) is 61.0 Å². The van der Waals surface area contributed by atoms with Crippen LogP contribution in [0.1, 0.15) is 5.69 Å². The number of hydrogen-bond donors (Lipinski definition) is 1. The highest BCUT2D eigenvalue weighted by atomic mass is 16.5. The third-order valence-corrected chi connectivity index (χ3v) is 1.93. The van der Waals surface area contributed by atoms with E-state index in [9.17, 15) is 0 Å². The van der Waals surface area contributed by atoms with Crippen molar-refractivity contribution in [2.45, 2.75) is 6.92 Å². The van der Waals surface area contributed by atoms with Gasteiger partial charge in [-0.05, 0) is 31.2 Å². The molecule has 0 atom stereocenters. The molecule has 0 radical (unpaired) electrons. The quantitative estimate of drug-likeness (QED) is 0.756. The smallest absolute Gasteiger partial charge is 0.240 e. The fourth-order valence-electron chi connectivity index (χ4n) is 1.14. The molecular weight excluding hydrogens is 190 g/mol. The lowest BCUT2D eigenvalue weighted by atomic mass is 10.3. The summed E-state index contributed by atoms with van der Waals surface area (Å²) in [5.74, 6) is 1.22. The summed E-state index contributed by atoms with van der Waals surface area (Å²) in [4.78, 5) is 8.16. The number of aryl methyl sites for hydroxylation is 1. The van der Waals surface area contributed by atoms with Crippen molar-refractivity contribution < 1.29 is 4.74 Å².